The van der Waals surface area contributed by atoms with E-state index in [4.69, 9.17) is 14.9 Å². The number of benzene rings is 1. The van der Waals surface area contributed by atoms with Gasteiger partial charge in [-0.05, 0) is 24.3 Å². The summed E-state index contributed by atoms with van der Waals surface area (Å²) in [5, 5.41) is 7.22. The van der Waals surface area contributed by atoms with Gasteiger partial charge in [-0.3, -0.25) is 4.79 Å². The van der Waals surface area contributed by atoms with Gasteiger partial charge < -0.3 is 14.9 Å². The molecule has 6 heteroatoms. The van der Waals surface area contributed by atoms with Gasteiger partial charge in [0.1, 0.15) is 5.75 Å². The summed E-state index contributed by atoms with van der Waals surface area (Å²) in [7, 11) is 1.58. The normalized spacial score (nSPS) is 10.1. The van der Waals surface area contributed by atoms with Gasteiger partial charge in [-0.2, -0.15) is 0 Å². The summed E-state index contributed by atoms with van der Waals surface area (Å²) >= 11 is 0. The molecule has 0 radical (unpaired) electrons. The van der Waals surface area contributed by atoms with Gasteiger partial charge in [-0.15, -0.1) is 10.2 Å². The molecule has 1 heterocycles. The summed E-state index contributed by atoms with van der Waals surface area (Å²) in [6.45, 7) is 0. The number of primary amides is 1. The van der Waals surface area contributed by atoms with Crippen molar-refractivity contribution in [2.75, 3.05) is 7.11 Å². The molecule has 2 aromatic rings. The molecule has 6 nitrogen and oxygen atoms in total. The molecule has 0 saturated heterocycles. The van der Waals surface area contributed by atoms with Crippen LogP contribution in [0.3, 0.4) is 0 Å². The lowest BCUT2D eigenvalue weighted by Crippen LogP contribution is -2.10. The first kappa shape index (κ1) is 10.2. The fraction of sp³-hybridized carbons (Fsp3) is 0.100. The smallest absolute Gasteiger partial charge is 0.306 e. The Labute approximate surface area is 91.0 Å². The molecule has 2 rings (SSSR count). The number of carbonyl (C=O) groups excluding carboxylic acids is 1. The van der Waals surface area contributed by atoms with E-state index in [0.717, 1.165) is 5.75 Å². The van der Waals surface area contributed by atoms with Crippen molar-refractivity contribution in [2.45, 2.75) is 0 Å². The minimum absolute atomic E-state index is 0.203. The van der Waals surface area contributed by atoms with Crippen molar-refractivity contribution < 1.29 is 13.9 Å². The van der Waals surface area contributed by atoms with Gasteiger partial charge in [-0.25, -0.2) is 0 Å². The van der Waals surface area contributed by atoms with Crippen molar-refractivity contribution in [3.05, 3.63) is 30.2 Å². The van der Waals surface area contributed by atoms with E-state index in [1.807, 2.05) is 0 Å². The number of ether oxygens (including phenoxy) is 1. The van der Waals surface area contributed by atoms with Gasteiger partial charge in [-0.1, -0.05) is 0 Å². The van der Waals surface area contributed by atoms with Crippen LogP contribution in [0.4, 0.5) is 0 Å². The molecule has 0 aliphatic rings. The first-order valence-electron chi connectivity index (χ1n) is 4.48. The Morgan fingerprint density at radius 3 is 2.50 bits per heavy atom. The average Bonchev–Trinajstić information content (AvgIpc) is 2.78. The molecular formula is C10H9N3O3. The van der Waals surface area contributed by atoms with Crippen LogP contribution in [0, 0.1) is 0 Å². The van der Waals surface area contributed by atoms with Crippen molar-refractivity contribution in [1.82, 2.24) is 10.2 Å². The maximum absolute atomic E-state index is 10.8. The monoisotopic (exact) mass is 219 g/mol. The van der Waals surface area contributed by atoms with Crippen molar-refractivity contribution in [3.63, 3.8) is 0 Å². The Bertz CT molecular complexity index is 504. The average molecular weight is 219 g/mol. The van der Waals surface area contributed by atoms with Gasteiger partial charge in [0.25, 0.3) is 0 Å². The van der Waals surface area contributed by atoms with E-state index >= 15 is 0 Å². The lowest BCUT2D eigenvalue weighted by molar-refractivity contribution is 0.0968. The fourth-order valence-electron chi connectivity index (χ4n) is 1.17. The van der Waals surface area contributed by atoms with Crippen molar-refractivity contribution in [1.29, 1.82) is 0 Å². The predicted octanol–water partition coefficient (Wildman–Crippen LogP) is 0.844. The molecule has 0 aliphatic heterocycles. The first-order chi connectivity index (χ1) is 7.70. The highest BCUT2D eigenvalue weighted by atomic mass is 16.5. The maximum Gasteiger partial charge on any atom is 0.306 e. The molecule has 0 spiro atoms. The van der Waals surface area contributed by atoms with Crippen LogP contribution in [0.5, 0.6) is 5.75 Å². The van der Waals surface area contributed by atoms with Gasteiger partial charge >= 0.3 is 11.8 Å². The zero-order chi connectivity index (χ0) is 11.5. The number of nitrogens with zero attached hydrogens (tertiary/aromatic N) is 2. The number of nitrogens with two attached hydrogens (primary N) is 1. The van der Waals surface area contributed by atoms with Crippen LogP contribution in [0.2, 0.25) is 0 Å². The maximum atomic E-state index is 10.8. The molecule has 82 valence electrons. The number of hydrogen-bond donors (Lipinski definition) is 1. The van der Waals surface area contributed by atoms with Crippen LogP contribution in [0.1, 0.15) is 10.7 Å². The summed E-state index contributed by atoms with van der Waals surface area (Å²) < 4.78 is 10.1. The van der Waals surface area contributed by atoms with E-state index in [9.17, 15) is 4.79 Å². The molecule has 0 atom stereocenters. The number of rotatable bonds is 3. The lowest BCUT2D eigenvalue weighted by atomic mass is 10.2. The fourth-order valence-corrected chi connectivity index (χ4v) is 1.17. The van der Waals surface area contributed by atoms with Crippen molar-refractivity contribution >= 4 is 5.91 Å². The zero-order valence-electron chi connectivity index (χ0n) is 8.51. The highest BCUT2D eigenvalue weighted by Gasteiger charge is 2.12. The number of carbonyl (C=O) groups is 1. The van der Waals surface area contributed by atoms with Crippen LogP contribution < -0.4 is 10.5 Å². The topological polar surface area (TPSA) is 91.2 Å². The number of aromatic nitrogens is 2. The van der Waals surface area contributed by atoms with Crippen molar-refractivity contribution in [2.24, 2.45) is 5.73 Å². The van der Waals surface area contributed by atoms with Crippen LogP contribution in [0.15, 0.2) is 28.7 Å². The molecule has 2 N–H and O–H groups in total. The van der Waals surface area contributed by atoms with Crippen LogP contribution in [0.25, 0.3) is 11.5 Å². The highest BCUT2D eigenvalue weighted by molar-refractivity contribution is 5.87. The third-order valence-electron chi connectivity index (χ3n) is 1.97. The van der Waals surface area contributed by atoms with Gasteiger partial charge in [0.2, 0.25) is 5.89 Å². The van der Waals surface area contributed by atoms with E-state index in [0.29, 0.717) is 5.56 Å². The molecule has 16 heavy (non-hydrogen) atoms. The number of hydrogen-bond acceptors (Lipinski definition) is 5. The second-order valence-electron chi connectivity index (χ2n) is 3.01. The molecule has 0 saturated carbocycles. The third-order valence-corrected chi connectivity index (χ3v) is 1.97. The van der Waals surface area contributed by atoms with E-state index in [1.54, 1.807) is 31.4 Å². The Morgan fingerprint density at radius 2 is 2.00 bits per heavy atom. The predicted molar refractivity (Wildman–Crippen MR) is 54.8 cm³/mol. The molecule has 1 aromatic heterocycles. The van der Waals surface area contributed by atoms with Crippen LogP contribution in [-0.4, -0.2) is 23.2 Å². The minimum atomic E-state index is -0.743. The summed E-state index contributed by atoms with van der Waals surface area (Å²) in [6, 6.07) is 7.00. The standard InChI is InChI=1S/C10H9N3O3/c1-15-7-4-2-6(3-5-7)9-12-13-10(16-9)8(11)14/h2-5H,1H3,(H2,11,14). The first-order valence-corrected chi connectivity index (χ1v) is 4.48. The van der Waals surface area contributed by atoms with E-state index < -0.39 is 5.91 Å². The van der Waals surface area contributed by atoms with E-state index in [2.05, 4.69) is 10.2 Å². The largest absolute Gasteiger partial charge is 0.497 e. The Hall–Kier alpha value is -2.37. The molecule has 0 aliphatic carbocycles. The number of methoxy groups -OCH3 is 1. The Balaban J connectivity index is 2.31. The second kappa shape index (κ2) is 4.01. The van der Waals surface area contributed by atoms with Crippen LogP contribution >= 0.6 is 0 Å². The zero-order valence-corrected chi connectivity index (χ0v) is 8.51. The highest BCUT2D eigenvalue weighted by Crippen LogP contribution is 2.20. The summed E-state index contributed by atoms with van der Waals surface area (Å²) in [5.41, 5.74) is 5.69. The lowest BCUT2D eigenvalue weighted by Gasteiger charge is -1.98. The summed E-state index contributed by atoms with van der Waals surface area (Å²) in [5.74, 6) is 0.0212. The molecule has 0 bridgehead atoms. The van der Waals surface area contributed by atoms with E-state index in [1.165, 1.54) is 0 Å². The Kier molecular flexibility index (Phi) is 2.55. The second-order valence-corrected chi connectivity index (χ2v) is 3.01. The molecule has 0 fully saturated rings. The van der Waals surface area contributed by atoms with E-state index in [-0.39, 0.29) is 11.8 Å². The Morgan fingerprint density at radius 1 is 1.31 bits per heavy atom. The molecule has 0 unspecified atom stereocenters. The van der Waals surface area contributed by atoms with Crippen LogP contribution in [-0.2, 0) is 0 Å². The van der Waals surface area contributed by atoms with Crippen molar-refractivity contribution in [3.8, 4) is 17.2 Å². The molecular weight excluding hydrogens is 210 g/mol. The third kappa shape index (κ3) is 1.85. The number of amides is 1. The molecule has 1 amide bonds. The quantitative estimate of drug-likeness (QED) is 0.825. The van der Waals surface area contributed by atoms with Gasteiger partial charge in [0.15, 0.2) is 0 Å². The summed E-state index contributed by atoms with van der Waals surface area (Å²) in [4.78, 5) is 10.8. The molecule has 1 aromatic carbocycles. The van der Waals surface area contributed by atoms with Gasteiger partial charge in [0.05, 0.1) is 7.11 Å². The SMILES string of the molecule is COc1ccc(-c2nnc(C(N)=O)o2)cc1. The van der Waals surface area contributed by atoms with Gasteiger partial charge in [0, 0.05) is 5.56 Å². The summed E-state index contributed by atoms with van der Waals surface area (Å²) in [6.07, 6.45) is 0. The minimum Gasteiger partial charge on any atom is -0.497 e.